The van der Waals surface area contributed by atoms with E-state index in [1.54, 1.807) is 0 Å². The van der Waals surface area contributed by atoms with Crippen molar-refractivity contribution in [2.45, 2.75) is 57.6 Å². The van der Waals surface area contributed by atoms with E-state index < -0.39 is 8.53 Å². The van der Waals surface area contributed by atoms with Gasteiger partial charge in [0.2, 0.25) is 0 Å². The fourth-order valence-electron chi connectivity index (χ4n) is 2.74. The summed E-state index contributed by atoms with van der Waals surface area (Å²) in [6, 6.07) is 13.3. The minimum atomic E-state index is -1.19. The average molecular weight is 399 g/mol. The Balaban J connectivity index is 2.12. The first-order valence-corrected chi connectivity index (χ1v) is 12.1. The minimum absolute atomic E-state index is 0.116. The van der Waals surface area contributed by atoms with Gasteiger partial charge in [-0.05, 0) is 33.3 Å². The molecule has 0 N–H and O–H groups in total. The van der Waals surface area contributed by atoms with Crippen molar-refractivity contribution in [1.29, 1.82) is 5.26 Å². The predicted octanol–water partition coefficient (Wildman–Crippen LogP) is 5.78. The molecule has 0 saturated carbocycles. The fraction of sp³-hybridized carbons (Fsp3) is 0.611. The number of nitrogens with zero attached hydrogens (tertiary/aromatic N) is 2. The molecule has 1 aliphatic rings. The van der Waals surface area contributed by atoms with Crippen LogP contribution < -0.4 is 0 Å². The van der Waals surface area contributed by atoms with Crippen LogP contribution in [0.5, 0.6) is 0 Å². The smallest absolute Gasteiger partial charge is 0.259 e. The Kier molecular flexibility index (Phi) is 9.06. The SMILES string of the molecule is CC(C)N(C(C)C)P(OCCC#N)OC1CSSC1c1ccccc1. The van der Waals surface area contributed by atoms with Crippen molar-refractivity contribution in [3.8, 4) is 6.07 Å². The zero-order valence-electron chi connectivity index (χ0n) is 15.3. The van der Waals surface area contributed by atoms with E-state index in [4.69, 9.17) is 14.3 Å². The van der Waals surface area contributed by atoms with Gasteiger partial charge in [-0.1, -0.05) is 51.9 Å². The van der Waals surface area contributed by atoms with Gasteiger partial charge in [-0.25, -0.2) is 4.67 Å². The summed E-state index contributed by atoms with van der Waals surface area (Å²) in [7, 11) is 2.55. The highest BCUT2D eigenvalue weighted by Gasteiger charge is 2.37. The zero-order chi connectivity index (χ0) is 18.2. The standard InChI is InChI=1S/C18H27N2O2PS2/c1-14(2)20(15(3)4)23(21-12-8-11-19)22-17-13-24-25-18(17)16-9-6-5-7-10-16/h5-7,9-10,14-15,17-18H,8,12-13H2,1-4H3. The van der Waals surface area contributed by atoms with Crippen LogP contribution >= 0.6 is 30.1 Å². The Bertz CT molecular complexity index is 546. The molecular formula is C18H27N2O2PS2. The summed E-state index contributed by atoms with van der Waals surface area (Å²) in [4.78, 5) is 0. The van der Waals surface area contributed by atoms with Gasteiger partial charge in [0.1, 0.15) is 0 Å². The molecule has 0 bridgehead atoms. The largest absolute Gasteiger partial charge is 0.321 e. The van der Waals surface area contributed by atoms with Gasteiger partial charge in [0.05, 0.1) is 30.5 Å². The highest BCUT2D eigenvalue weighted by Crippen LogP contribution is 2.55. The monoisotopic (exact) mass is 398 g/mol. The first-order chi connectivity index (χ1) is 12.0. The topological polar surface area (TPSA) is 45.5 Å². The van der Waals surface area contributed by atoms with Crippen molar-refractivity contribution in [3.63, 3.8) is 0 Å². The van der Waals surface area contributed by atoms with Crippen LogP contribution in [-0.2, 0) is 9.05 Å². The van der Waals surface area contributed by atoms with Crippen molar-refractivity contribution in [2.24, 2.45) is 0 Å². The van der Waals surface area contributed by atoms with Gasteiger partial charge in [-0.2, -0.15) is 5.26 Å². The lowest BCUT2D eigenvalue weighted by molar-refractivity contribution is 0.143. The van der Waals surface area contributed by atoms with E-state index >= 15 is 0 Å². The van der Waals surface area contributed by atoms with Gasteiger partial charge in [-0.15, -0.1) is 0 Å². The number of benzene rings is 1. The Hall–Kier alpha value is -0.280. The van der Waals surface area contributed by atoms with E-state index in [1.807, 2.05) is 27.7 Å². The van der Waals surface area contributed by atoms with E-state index in [1.165, 1.54) is 5.56 Å². The van der Waals surface area contributed by atoms with E-state index in [0.717, 1.165) is 5.75 Å². The molecule has 0 aromatic heterocycles. The zero-order valence-corrected chi connectivity index (χ0v) is 17.8. The Morgan fingerprint density at radius 3 is 2.52 bits per heavy atom. The molecule has 1 heterocycles. The van der Waals surface area contributed by atoms with Gasteiger partial charge in [0.25, 0.3) is 8.53 Å². The first-order valence-electron chi connectivity index (χ1n) is 8.62. The molecule has 1 aromatic rings. The molecule has 3 unspecified atom stereocenters. The Morgan fingerprint density at radius 2 is 1.92 bits per heavy atom. The van der Waals surface area contributed by atoms with Crippen LogP contribution in [0, 0.1) is 11.3 Å². The third kappa shape index (κ3) is 6.13. The van der Waals surface area contributed by atoms with Crippen LogP contribution in [0.2, 0.25) is 0 Å². The highest BCUT2D eigenvalue weighted by atomic mass is 33.1. The summed E-state index contributed by atoms with van der Waals surface area (Å²) in [5, 5.41) is 9.14. The van der Waals surface area contributed by atoms with Crippen LogP contribution in [0.4, 0.5) is 0 Å². The number of nitriles is 1. The van der Waals surface area contributed by atoms with E-state index in [0.29, 0.717) is 30.4 Å². The molecule has 4 nitrogen and oxygen atoms in total. The molecule has 1 fully saturated rings. The highest BCUT2D eigenvalue weighted by molar-refractivity contribution is 8.77. The molecule has 1 aromatic carbocycles. The molecule has 25 heavy (non-hydrogen) atoms. The maximum Gasteiger partial charge on any atom is 0.259 e. The normalized spacial score (nSPS) is 21.8. The summed E-state index contributed by atoms with van der Waals surface area (Å²) in [6.07, 6.45) is 0.508. The van der Waals surface area contributed by atoms with Crippen molar-refractivity contribution < 1.29 is 9.05 Å². The van der Waals surface area contributed by atoms with E-state index in [-0.39, 0.29) is 6.10 Å². The summed E-state index contributed by atoms with van der Waals surface area (Å²) in [6.45, 7) is 9.08. The van der Waals surface area contributed by atoms with Crippen LogP contribution in [0.25, 0.3) is 0 Å². The lowest BCUT2D eigenvalue weighted by Gasteiger charge is -2.37. The Labute approximate surface area is 161 Å². The van der Waals surface area contributed by atoms with Crippen LogP contribution in [0.3, 0.4) is 0 Å². The van der Waals surface area contributed by atoms with Crippen molar-refractivity contribution in [2.75, 3.05) is 12.4 Å². The predicted molar refractivity (Wildman–Crippen MR) is 109 cm³/mol. The molecule has 138 valence electrons. The molecule has 0 amide bonds. The molecule has 1 saturated heterocycles. The summed E-state index contributed by atoms with van der Waals surface area (Å²) < 4.78 is 14.9. The third-order valence-electron chi connectivity index (χ3n) is 3.76. The summed E-state index contributed by atoms with van der Waals surface area (Å²) in [5.41, 5.74) is 1.30. The van der Waals surface area contributed by atoms with E-state index in [9.17, 15) is 0 Å². The summed E-state index contributed by atoms with van der Waals surface area (Å²) >= 11 is 0. The lowest BCUT2D eigenvalue weighted by Crippen LogP contribution is -2.35. The minimum Gasteiger partial charge on any atom is -0.321 e. The second kappa shape index (κ2) is 10.8. The van der Waals surface area contributed by atoms with Gasteiger partial charge >= 0.3 is 0 Å². The van der Waals surface area contributed by atoms with E-state index in [2.05, 4.69) is 62.7 Å². The van der Waals surface area contributed by atoms with Crippen LogP contribution in [0.1, 0.15) is 44.9 Å². The van der Waals surface area contributed by atoms with Gasteiger partial charge in [-0.3, -0.25) is 0 Å². The third-order valence-corrected chi connectivity index (χ3v) is 8.74. The Morgan fingerprint density at radius 1 is 1.24 bits per heavy atom. The lowest BCUT2D eigenvalue weighted by atomic mass is 10.1. The number of hydrogen-bond acceptors (Lipinski definition) is 6. The second-order valence-corrected chi connectivity index (χ2v) is 10.4. The first kappa shape index (κ1) is 21.0. The van der Waals surface area contributed by atoms with Crippen LogP contribution in [0.15, 0.2) is 30.3 Å². The molecular weight excluding hydrogens is 371 g/mol. The molecule has 7 heteroatoms. The maximum atomic E-state index is 8.83. The van der Waals surface area contributed by atoms with Gasteiger partial charge < -0.3 is 9.05 Å². The molecule has 0 radical (unpaired) electrons. The van der Waals surface area contributed by atoms with Gasteiger partial charge in [0, 0.05) is 17.8 Å². The summed E-state index contributed by atoms with van der Waals surface area (Å²) in [5.74, 6) is 0.953. The average Bonchev–Trinajstić information content (AvgIpc) is 3.03. The second-order valence-electron chi connectivity index (χ2n) is 6.40. The molecule has 0 aliphatic carbocycles. The molecule has 3 atom stereocenters. The number of hydrogen-bond donors (Lipinski definition) is 0. The van der Waals surface area contributed by atoms with Crippen molar-refractivity contribution in [3.05, 3.63) is 35.9 Å². The quantitative estimate of drug-likeness (QED) is 0.298. The number of rotatable bonds is 9. The molecule has 0 spiro atoms. The van der Waals surface area contributed by atoms with Gasteiger partial charge in [0.15, 0.2) is 0 Å². The maximum absolute atomic E-state index is 8.83. The van der Waals surface area contributed by atoms with Crippen molar-refractivity contribution >= 4 is 30.1 Å². The van der Waals surface area contributed by atoms with Crippen LogP contribution in [-0.4, -0.2) is 35.2 Å². The molecule has 2 rings (SSSR count). The van der Waals surface area contributed by atoms with Crippen molar-refractivity contribution in [1.82, 2.24) is 4.67 Å². The molecule has 1 aliphatic heterocycles. The fourth-order valence-corrected chi connectivity index (χ4v) is 7.72.